The lowest BCUT2D eigenvalue weighted by Gasteiger charge is -2.40. The topological polar surface area (TPSA) is 108 Å². The van der Waals surface area contributed by atoms with Crippen molar-refractivity contribution >= 4 is 35.2 Å². The highest BCUT2D eigenvalue weighted by Gasteiger charge is 2.76. The Morgan fingerprint density at radius 2 is 1.82 bits per heavy atom. The number of nitrogens with one attached hydrogen (secondary N) is 2. The standard InChI is InChI=1S/C31H39N3O5S/c1-5-39-23-13-11-21(12-14-23)33-28(36)25-24-15-19(4)31(40-24)26(25)30(38)34(27(31)29(37)32-18(2)3)22(17-35)16-20-9-7-6-8-10-20/h6-14,18-19,22,24-27,35H,5,15-17H2,1-4H3,(H,32,37)(H,33,36)/t19?,22-,24-,25+,26+,27?,31?/m1/s1. The molecule has 2 bridgehead atoms. The molecule has 3 N–H and O–H groups in total. The first-order valence-electron chi connectivity index (χ1n) is 14.2. The summed E-state index contributed by atoms with van der Waals surface area (Å²) in [6.45, 7) is 8.09. The molecule has 7 atom stereocenters. The highest BCUT2D eigenvalue weighted by Crippen LogP contribution is 2.68. The quantitative estimate of drug-likeness (QED) is 0.407. The van der Waals surface area contributed by atoms with Crippen LogP contribution in [0, 0.1) is 17.8 Å². The van der Waals surface area contributed by atoms with Crippen molar-refractivity contribution in [2.75, 3.05) is 18.5 Å². The molecule has 40 heavy (non-hydrogen) atoms. The normalized spacial score (nSPS) is 29.4. The van der Waals surface area contributed by atoms with Gasteiger partial charge in [-0.2, -0.15) is 0 Å². The van der Waals surface area contributed by atoms with Gasteiger partial charge in [-0.15, -0.1) is 11.8 Å². The van der Waals surface area contributed by atoms with Crippen LogP contribution in [-0.4, -0.2) is 69.1 Å². The molecular weight excluding hydrogens is 526 g/mol. The smallest absolute Gasteiger partial charge is 0.244 e. The zero-order valence-electron chi connectivity index (χ0n) is 23.5. The van der Waals surface area contributed by atoms with Gasteiger partial charge in [0.2, 0.25) is 17.7 Å². The Kier molecular flexibility index (Phi) is 8.15. The molecule has 0 saturated carbocycles. The van der Waals surface area contributed by atoms with Gasteiger partial charge in [-0.05, 0) is 69.4 Å². The Balaban J connectivity index is 1.49. The number of nitrogens with zero attached hydrogens (tertiary/aromatic N) is 1. The van der Waals surface area contributed by atoms with Crippen LogP contribution < -0.4 is 15.4 Å². The van der Waals surface area contributed by atoms with Crippen LogP contribution in [0.15, 0.2) is 54.6 Å². The molecule has 0 aromatic heterocycles. The number of likely N-dealkylation sites (tertiary alicyclic amines) is 1. The van der Waals surface area contributed by atoms with Gasteiger partial charge in [-0.3, -0.25) is 14.4 Å². The number of ether oxygens (including phenoxy) is 1. The molecule has 3 fully saturated rings. The van der Waals surface area contributed by atoms with Gasteiger partial charge in [0.15, 0.2) is 0 Å². The van der Waals surface area contributed by atoms with Crippen molar-refractivity contribution in [1.29, 1.82) is 0 Å². The summed E-state index contributed by atoms with van der Waals surface area (Å²) in [6.07, 6.45) is 1.17. The van der Waals surface area contributed by atoms with Crippen molar-refractivity contribution in [2.24, 2.45) is 17.8 Å². The summed E-state index contributed by atoms with van der Waals surface area (Å²) in [5.41, 5.74) is 1.61. The Hall–Kier alpha value is -3.04. The highest BCUT2D eigenvalue weighted by molar-refractivity contribution is 8.02. The zero-order valence-corrected chi connectivity index (χ0v) is 24.3. The van der Waals surface area contributed by atoms with Crippen LogP contribution in [0.2, 0.25) is 0 Å². The average molecular weight is 566 g/mol. The lowest BCUT2D eigenvalue weighted by atomic mass is 9.65. The van der Waals surface area contributed by atoms with Crippen molar-refractivity contribution in [2.45, 2.75) is 68.7 Å². The van der Waals surface area contributed by atoms with E-state index in [4.69, 9.17) is 4.74 Å². The molecule has 2 aromatic rings. The van der Waals surface area contributed by atoms with Crippen molar-refractivity contribution in [1.82, 2.24) is 10.2 Å². The van der Waals surface area contributed by atoms with E-state index in [0.29, 0.717) is 18.7 Å². The first kappa shape index (κ1) is 28.5. The lowest BCUT2D eigenvalue weighted by molar-refractivity contribution is -0.142. The number of thioether (sulfide) groups is 1. The fourth-order valence-corrected chi connectivity index (χ4v) is 9.39. The molecule has 214 valence electrons. The monoisotopic (exact) mass is 565 g/mol. The van der Waals surface area contributed by atoms with Gasteiger partial charge in [0.1, 0.15) is 11.8 Å². The Labute approximate surface area is 240 Å². The van der Waals surface area contributed by atoms with E-state index in [1.165, 1.54) is 0 Å². The number of hydrogen-bond acceptors (Lipinski definition) is 6. The Morgan fingerprint density at radius 1 is 1.12 bits per heavy atom. The van der Waals surface area contributed by atoms with E-state index in [-0.39, 0.29) is 41.5 Å². The Bertz CT molecular complexity index is 1240. The zero-order chi connectivity index (χ0) is 28.6. The van der Waals surface area contributed by atoms with Gasteiger partial charge in [0.05, 0.1) is 35.8 Å². The van der Waals surface area contributed by atoms with Gasteiger partial charge in [0.25, 0.3) is 0 Å². The van der Waals surface area contributed by atoms with E-state index >= 15 is 0 Å². The number of aliphatic hydroxyl groups is 1. The van der Waals surface area contributed by atoms with E-state index in [9.17, 15) is 19.5 Å². The van der Waals surface area contributed by atoms with Crippen LogP contribution in [-0.2, 0) is 20.8 Å². The van der Waals surface area contributed by atoms with Crippen LogP contribution >= 0.6 is 11.8 Å². The summed E-state index contributed by atoms with van der Waals surface area (Å²) in [4.78, 5) is 43.8. The molecular formula is C31H39N3O5S. The second-order valence-electron chi connectivity index (χ2n) is 11.4. The maximum Gasteiger partial charge on any atom is 0.244 e. The van der Waals surface area contributed by atoms with E-state index in [2.05, 4.69) is 17.6 Å². The molecule has 3 aliphatic rings. The van der Waals surface area contributed by atoms with Gasteiger partial charge in [-0.25, -0.2) is 0 Å². The molecule has 3 heterocycles. The van der Waals surface area contributed by atoms with Crippen LogP contribution in [0.5, 0.6) is 5.75 Å². The largest absolute Gasteiger partial charge is 0.494 e. The minimum atomic E-state index is -0.776. The van der Waals surface area contributed by atoms with Crippen molar-refractivity contribution < 1.29 is 24.2 Å². The fraction of sp³-hybridized carbons (Fsp3) is 0.516. The number of anilines is 1. The number of rotatable bonds is 10. The van der Waals surface area contributed by atoms with Crippen LogP contribution in [0.1, 0.15) is 39.7 Å². The molecule has 3 saturated heterocycles. The second-order valence-corrected chi connectivity index (χ2v) is 13.0. The summed E-state index contributed by atoms with van der Waals surface area (Å²) in [5, 5.41) is 16.6. The van der Waals surface area contributed by atoms with Crippen LogP contribution in [0.25, 0.3) is 0 Å². The highest BCUT2D eigenvalue weighted by atomic mass is 32.2. The van der Waals surface area contributed by atoms with Crippen molar-refractivity contribution in [3.63, 3.8) is 0 Å². The maximum absolute atomic E-state index is 14.4. The second kappa shape index (κ2) is 11.4. The first-order chi connectivity index (χ1) is 19.2. The number of aliphatic hydroxyl groups excluding tert-OH is 1. The predicted octanol–water partition coefficient (Wildman–Crippen LogP) is 3.49. The van der Waals surface area contributed by atoms with Gasteiger partial charge in [0, 0.05) is 17.0 Å². The van der Waals surface area contributed by atoms with Crippen molar-refractivity contribution in [3.8, 4) is 5.75 Å². The third kappa shape index (κ3) is 4.87. The number of carbonyl (C=O) groups is 3. The SMILES string of the molecule is CCOc1ccc(NC(=O)[C@@H]2[C@H]3C(=O)N([C@@H](CO)Cc4ccccc4)C(C(=O)NC(C)C)C34S[C@@H]2CC4C)cc1. The van der Waals surface area contributed by atoms with E-state index in [1.807, 2.05) is 63.2 Å². The maximum atomic E-state index is 14.4. The molecule has 0 aliphatic carbocycles. The lowest BCUT2D eigenvalue weighted by Crippen LogP contribution is -2.59. The third-order valence-corrected chi connectivity index (χ3v) is 10.6. The van der Waals surface area contributed by atoms with Gasteiger partial charge < -0.3 is 25.4 Å². The average Bonchev–Trinajstić information content (AvgIpc) is 3.52. The fourth-order valence-electron chi connectivity index (χ4n) is 6.98. The van der Waals surface area contributed by atoms with Gasteiger partial charge >= 0.3 is 0 Å². The third-order valence-electron chi connectivity index (χ3n) is 8.52. The van der Waals surface area contributed by atoms with Crippen molar-refractivity contribution in [3.05, 3.63) is 60.2 Å². The molecule has 5 rings (SSSR count). The molecule has 3 aliphatic heterocycles. The summed E-state index contributed by atoms with van der Waals surface area (Å²) >= 11 is 1.63. The predicted molar refractivity (Wildman–Crippen MR) is 156 cm³/mol. The number of fused-ring (bicyclic) bond motifs is 1. The molecule has 3 amide bonds. The van der Waals surface area contributed by atoms with E-state index < -0.39 is 28.7 Å². The molecule has 1 spiro atoms. The van der Waals surface area contributed by atoms with E-state index in [0.717, 1.165) is 17.7 Å². The van der Waals surface area contributed by atoms with Gasteiger partial charge in [-0.1, -0.05) is 37.3 Å². The summed E-state index contributed by atoms with van der Waals surface area (Å²) in [5.74, 6) is -1.09. The molecule has 8 nitrogen and oxygen atoms in total. The molecule has 2 aromatic carbocycles. The summed E-state index contributed by atoms with van der Waals surface area (Å²) in [6, 6.07) is 15.4. The molecule has 3 unspecified atom stereocenters. The summed E-state index contributed by atoms with van der Waals surface area (Å²) < 4.78 is 4.77. The number of amides is 3. The number of hydrogen-bond donors (Lipinski definition) is 3. The number of carbonyl (C=O) groups excluding carboxylic acids is 3. The Morgan fingerprint density at radius 3 is 2.45 bits per heavy atom. The van der Waals surface area contributed by atoms with Crippen LogP contribution in [0.3, 0.4) is 0 Å². The first-order valence-corrected chi connectivity index (χ1v) is 15.1. The summed E-state index contributed by atoms with van der Waals surface area (Å²) in [7, 11) is 0. The minimum Gasteiger partial charge on any atom is -0.494 e. The molecule has 9 heteroatoms. The number of benzene rings is 2. The minimum absolute atomic E-state index is 0.0509. The van der Waals surface area contributed by atoms with E-state index in [1.54, 1.807) is 28.8 Å². The molecule has 0 radical (unpaired) electrons. The van der Waals surface area contributed by atoms with Crippen LogP contribution in [0.4, 0.5) is 5.69 Å².